The summed E-state index contributed by atoms with van der Waals surface area (Å²) < 4.78 is 11.9. The Morgan fingerprint density at radius 2 is 1.68 bits per heavy atom. The molecule has 0 unspecified atom stereocenters. The van der Waals surface area contributed by atoms with Gasteiger partial charge in [0, 0.05) is 5.56 Å². The molecule has 1 heterocycles. The van der Waals surface area contributed by atoms with Crippen molar-refractivity contribution in [1.82, 2.24) is 0 Å². The van der Waals surface area contributed by atoms with Crippen molar-refractivity contribution in [2.45, 2.75) is 45.8 Å². The van der Waals surface area contributed by atoms with Gasteiger partial charge in [0.15, 0.2) is 0 Å². The van der Waals surface area contributed by atoms with Crippen molar-refractivity contribution in [1.29, 1.82) is 0 Å². The van der Waals surface area contributed by atoms with Crippen molar-refractivity contribution >= 4 is 18.5 Å². The van der Waals surface area contributed by atoms with Crippen molar-refractivity contribution < 1.29 is 14.1 Å². The van der Waals surface area contributed by atoms with E-state index in [1.165, 1.54) is 0 Å². The van der Waals surface area contributed by atoms with Crippen molar-refractivity contribution in [3.63, 3.8) is 0 Å². The number of amides is 1. The molecule has 0 atom stereocenters. The summed E-state index contributed by atoms with van der Waals surface area (Å²) >= 11 is 0. The number of hydrogen-bond acceptors (Lipinski definition) is 3. The minimum atomic E-state index is -0.469. The molecule has 2 N–H and O–H groups in total. The van der Waals surface area contributed by atoms with E-state index < -0.39 is 24.2 Å². The van der Waals surface area contributed by atoms with Crippen LogP contribution in [0.15, 0.2) is 18.2 Å². The van der Waals surface area contributed by atoms with Crippen LogP contribution in [0.1, 0.15) is 43.6 Å². The minimum Gasteiger partial charge on any atom is -0.399 e. The average molecular weight is 261 g/mol. The van der Waals surface area contributed by atoms with Crippen molar-refractivity contribution in [3.05, 3.63) is 29.3 Å². The summed E-state index contributed by atoms with van der Waals surface area (Å²) in [6.45, 7) is 9.84. The molecule has 5 heteroatoms. The van der Waals surface area contributed by atoms with Gasteiger partial charge in [-0.15, -0.1) is 0 Å². The normalized spacial score (nSPS) is 20.6. The van der Waals surface area contributed by atoms with Crippen LogP contribution in [-0.4, -0.2) is 24.2 Å². The monoisotopic (exact) mass is 261 g/mol. The summed E-state index contributed by atoms with van der Waals surface area (Å²) in [6.07, 6.45) is 0. The lowest BCUT2D eigenvalue weighted by Gasteiger charge is -2.32. The van der Waals surface area contributed by atoms with E-state index in [0.29, 0.717) is 5.56 Å². The maximum atomic E-state index is 11.4. The van der Waals surface area contributed by atoms with Crippen molar-refractivity contribution in [2.75, 3.05) is 0 Å². The van der Waals surface area contributed by atoms with Crippen LogP contribution in [0.3, 0.4) is 0 Å². The molecule has 0 spiro atoms. The summed E-state index contributed by atoms with van der Waals surface area (Å²) in [7, 11) is -0.469. The molecule has 1 aliphatic rings. The van der Waals surface area contributed by atoms with Crippen LogP contribution in [0, 0.1) is 6.92 Å². The van der Waals surface area contributed by atoms with E-state index in [9.17, 15) is 4.79 Å². The number of nitrogens with two attached hydrogens (primary N) is 1. The molecule has 0 radical (unpaired) electrons. The molecule has 102 valence electrons. The predicted octanol–water partition coefficient (Wildman–Crippen LogP) is 1.39. The molecule has 0 aliphatic carbocycles. The van der Waals surface area contributed by atoms with E-state index in [-0.39, 0.29) is 0 Å². The maximum Gasteiger partial charge on any atom is 0.494 e. The Hall–Kier alpha value is -1.33. The molecule has 1 saturated heterocycles. The first-order valence-corrected chi connectivity index (χ1v) is 6.40. The molecule has 1 aromatic carbocycles. The van der Waals surface area contributed by atoms with Gasteiger partial charge in [0.2, 0.25) is 5.91 Å². The Morgan fingerprint density at radius 1 is 1.16 bits per heavy atom. The lowest BCUT2D eigenvalue weighted by Crippen LogP contribution is -2.41. The minimum absolute atomic E-state index is 0.393. The van der Waals surface area contributed by atoms with Gasteiger partial charge in [-0.1, -0.05) is 12.1 Å². The third kappa shape index (κ3) is 2.40. The lowest BCUT2D eigenvalue weighted by atomic mass is 9.77. The van der Waals surface area contributed by atoms with Gasteiger partial charge in [0.25, 0.3) is 0 Å². The van der Waals surface area contributed by atoms with E-state index in [4.69, 9.17) is 15.0 Å². The Labute approximate surface area is 114 Å². The largest absolute Gasteiger partial charge is 0.494 e. The van der Waals surface area contributed by atoms with Crippen molar-refractivity contribution in [2.24, 2.45) is 5.73 Å². The number of carbonyl (C=O) groups excluding carboxylic acids is 1. The fourth-order valence-corrected chi connectivity index (χ4v) is 2.03. The van der Waals surface area contributed by atoms with E-state index >= 15 is 0 Å². The van der Waals surface area contributed by atoms with Crippen LogP contribution >= 0.6 is 0 Å². The topological polar surface area (TPSA) is 61.6 Å². The van der Waals surface area contributed by atoms with Crippen LogP contribution in [0.25, 0.3) is 0 Å². The first-order chi connectivity index (χ1) is 8.64. The highest BCUT2D eigenvalue weighted by molar-refractivity contribution is 6.62. The Kier molecular flexibility index (Phi) is 3.23. The molecule has 19 heavy (non-hydrogen) atoms. The maximum absolute atomic E-state index is 11.4. The zero-order chi connectivity index (χ0) is 14.4. The molecule has 4 nitrogen and oxygen atoms in total. The SMILES string of the molecule is Cc1ccc(B2OC(C)(C)C(C)(C)O2)cc1C(N)=O. The zero-order valence-corrected chi connectivity index (χ0v) is 12.1. The Morgan fingerprint density at radius 3 is 2.16 bits per heavy atom. The second-order valence-electron chi connectivity index (χ2n) is 6.03. The number of aryl methyl sites for hydroxylation is 1. The predicted molar refractivity (Wildman–Crippen MR) is 75.4 cm³/mol. The summed E-state index contributed by atoms with van der Waals surface area (Å²) in [5, 5.41) is 0. The number of benzene rings is 1. The van der Waals surface area contributed by atoms with Gasteiger partial charge < -0.3 is 15.0 Å². The van der Waals surface area contributed by atoms with E-state index in [2.05, 4.69) is 0 Å². The number of carbonyl (C=O) groups is 1. The molecule has 0 saturated carbocycles. The second-order valence-corrected chi connectivity index (χ2v) is 6.03. The van der Waals surface area contributed by atoms with Crippen LogP contribution in [0.4, 0.5) is 0 Å². The van der Waals surface area contributed by atoms with Crippen LogP contribution < -0.4 is 11.2 Å². The highest BCUT2D eigenvalue weighted by Crippen LogP contribution is 2.36. The standard InChI is InChI=1S/C14H20BNO3/c1-9-6-7-10(8-11(9)12(16)17)15-18-13(2,3)14(4,5)19-15/h6-8H,1-5H3,(H2,16,17). The van der Waals surface area contributed by atoms with Crippen LogP contribution in [-0.2, 0) is 9.31 Å². The van der Waals surface area contributed by atoms with Crippen molar-refractivity contribution in [3.8, 4) is 0 Å². The fourth-order valence-electron chi connectivity index (χ4n) is 2.03. The first-order valence-electron chi connectivity index (χ1n) is 6.40. The van der Waals surface area contributed by atoms with Gasteiger partial charge >= 0.3 is 7.12 Å². The van der Waals surface area contributed by atoms with Gasteiger partial charge in [-0.05, 0) is 51.7 Å². The quantitative estimate of drug-likeness (QED) is 0.818. The van der Waals surface area contributed by atoms with Crippen LogP contribution in [0.2, 0.25) is 0 Å². The smallest absolute Gasteiger partial charge is 0.399 e. The molecular weight excluding hydrogens is 241 g/mol. The van der Waals surface area contributed by atoms with Gasteiger partial charge in [-0.2, -0.15) is 0 Å². The molecule has 1 amide bonds. The Balaban J connectivity index is 2.35. The molecular formula is C14H20BNO3. The average Bonchev–Trinajstić information content (AvgIpc) is 2.48. The third-order valence-corrected chi connectivity index (χ3v) is 4.05. The fraction of sp³-hybridized carbons (Fsp3) is 0.500. The van der Waals surface area contributed by atoms with Crippen LogP contribution in [0.5, 0.6) is 0 Å². The van der Waals surface area contributed by atoms with Gasteiger partial charge in [-0.3, -0.25) is 4.79 Å². The van der Waals surface area contributed by atoms with Gasteiger partial charge in [0.1, 0.15) is 0 Å². The highest BCUT2D eigenvalue weighted by atomic mass is 16.7. The summed E-state index contributed by atoms with van der Waals surface area (Å²) in [5.74, 6) is -0.434. The Bertz CT molecular complexity index is 509. The molecule has 1 aromatic rings. The van der Waals surface area contributed by atoms with Gasteiger partial charge in [-0.25, -0.2) is 0 Å². The zero-order valence-electron chi connectivity index (χ0n) is 12.1. The number of hydrogen-bond donors (Lipinski definition) is 1. The third-order valence-electron chi connectivity index (χ3n) is 4.05. The van der Waals surface area contributed by atoms with E-state index in [1.54, 1.807) is 6.07 Å². The highest BCUT2D eigenvalue weighted by Gasteiger charge is 2.51. The lowest BCUT2D eigenvalue weighted by molar-refractivity contribution is 0.00578. The molecule has 0 bridgehead atoms. The molecule has 1 aliphatic heterocycles. The second kappa shape index (κ2) is 4.35. The first kappa shape index (κ1) is 14.1. The number of rotatable bonds is 2. The summed E-state index contributed by atoms with van der Waals surface area (Å²) in [5.41, 5.74) is 6.76. The molecule has 0 aromatic heterocycles. The van der Waals surface area contributed by atoms with E-state index in [0.717, 1.165) is 11.0 Å². The number of primary amides is 1. The summed E-state index contributed by atoms with van der Waals surface area (Å²) in [6, 6.07) is 5.52. The van der Waals surface area contributed by atoms with Gasteiger partial charge in [0.05, 0.1) is 11.2 Å². The molecule has 1 fully saturated rings. The molecule has 2 rings (SSSR count). The summed E-state index contributed by atoms with van der Waals surface area (Å²) in [4.78, 5) is 11.4. The van der Waals surface area contributed by atoms with E-state index in [1.807, 2.05) is 46.8 Å².